The van der Waals surface area contributed by atoms with Gasteiger partial charge in [0.2, 0.25) is 0 Å². The molecular weight excluding hydrogens is 368 g/mol. The van der Waals surface area contributed by atoms with E-state index < -0.39 is 35.3 Å². The standard InChI is InChI=1S/2C5H8O3.2C3H8O.Ti/c2*1-3(6)5(8)4(2)7;2*1-2-3-4;/h2*5,8H,1-2H3;2*4H,2-3H2,1H3;. The number of aliphatic hydroxyl groups excluding tert-OH is 4. The number of aliphatic hydroxyl groups is 4. The first-order valence-electron chi connectivity index (χ1n) is 7.53. The van der Waals surface area contributed by atoms with Crippen LogP contribution in [-0.4, -0.2) is 69.0 Å². The van der Waals surface area contributed by atoms with Crippen LogP contribution in [0.3, 0.4) is 0 Å². The number of rotatable bonds is 6. The van der Waals surface area contributed by atoms with Gasteiger partial charge in [0.15, 0.2) is 35.3 Å². The molecule has 0 aromatic heterocycles. The van der Waals surface area contributed by atoms with E-state index in [1.807, 2.05) is 13.8 Å². The fourth-order valence-corrected chi connectivity index (χ4v) is 0.572. The van der Waals surface area contributed by atoms with Crippen LogP contribution in [0, 0.1) is 0 Å². The zero-order valence-electron chi connectivity index (χ0n) is 15.9. The van der Waals surface area contributed by atoms with Crippen molar-refractivity contribution in [3.8, 4) is 0 Å². The molecule has 148 valence electrons. The van der Waals surface area contributed by atoms with Crippen molar-refractivity contribution < 1.29 is 61.3 Å². The predicted molar refractivity (Wildman–Crippen MR) is 89.5 cm³/mol. The largest absolute Gasteiger partial charge is 0.396 e. The maximum Gasteiger partial charge on any atom is 0.170 e. The van der Waals surface area contributed by atoms with Crippen LogP contribution in [0.2, 0.25) is 0 Å². The minimum absolute atomic E-state index is 0. The van der Waals surface area contributed by atoms with E-state index in [1.165, 1.54) is 27.7 Å². The van der Waals surface area contributed by atoms with E-state index in [4.69, 9.17) is 20.4 Å². The maximum atomic E-state index is 10.1. The summed E-state index contributed by atoms with van der Waals surface area (Å²) in [5.41, 5.74) is 0. The summed E-state index contributed by atoms with van der Waals surface area (Å²) in [6, 6.07) is 0. The van der Waals surface area contributed by atoms with Crippen LogP contribution in [0.15, 0.2) is 0 Å². The number of carbonyl (C=O) groups excluding carboxylic acids is 4. The van der Waals surface area contributed by atoms with Crippen LogP contribution in [0.25, 0.3) is 0 Å². The number of hydrogen-bond donors (Lipinski definition) is 4. The molecular formula is C16H32O8Ti. The summed E-state index contributed by atoms with van der Waals surface area (Å²) in [6.07, 6.45) is -1.06. The molecule has 0 aromatic rings. The van der Waals surface area contributed by atoms with Crippen LogP contribution in [0.1, 0.15) is 54.4 Å². The van der Waals surface area contributed by atoms with Crippen LogP contribution >= 0.6 is 0 Å². The molecule has 9 heteroatoms. The van der Waals surface area contributed by atoms with Crippen LogP contribution < -0.4 is 0 Å². The van der Waals surface area contributed by atoms with Crippen molar-refractivity contribution in [2.75, 3.05) is 13.2 Å². The van der Waals surface area contributed by atoms with Crippen LogP contribution in [0.5, 0.6) is 0 Å². The molecule has 0 atom stereocenters. The third-order valence-corrected chi connectivity index (χ3v) is 1.99. The monoisotopic (exact) mass is 400 g/mol. The molecule has 0 aromatic carbocycles. The van der Waals surface area contributed by atoms with Gasteiger partial charge in [-0.15, -0.1) is 0 Å². The fraction of sp³-hybridized carbons (Fsp3) is 0.750. The number of Topliss-reactive ketones (excluding diaryl/α,β-unsaturated/α-hetero) is 4. The van der Waals surface area contributed by atoms with E-state index in [0.717, 1.165) is 12.8 Å². The molecule has 0 aliphatic carbocycles. The van der Waals surface area contributed by atoms with E-state index in [1.54, 1.807) is 0 Å². The minimum Gasteiger partial charge on any atom is -0.396 e. The van der Waals surface area contributed by atoms with Crippen molar-refractivity contribution in [3.63, 3.8) is 0 Å². The van der Waals surface area contributed by atoms with Gasteiger partial charge in [-0.25, -0.2) is 0 Å². The summed E-state index contributed by atoms with van der Waals surface area (Å²) in [7, 11) is 0. The second-order valence-electron chi connectivity index (χ2n) is 4.69. The smallest absolute Gasteiger partial charge is 0.170 e. The Bertz CT molecular complexity index is 292. The van der Waals surface area contributed by atoms with E-state index in [-0.39, 0.29) is 21.7 Å². The molecule has 4 N–H and O–H groups in total. The zero-order chi connectivity index (χ0) is 20.3. The van der Waals surface area contributed by atoms with Gasteiger partial charge < -0.3 is 20.4 Å². The molecule has 25 heavy (non-hydrogen) atoms. The van der Waals surface area contributed by atoms with Gasteiger partial charge in [0, 0.05) is 34.9 Å². The van der Waals surface area contributed by atoms with Gasteiger partial charge in [0.25, 0.3) is 0 Å². The van der Waals surface area contributed by atoms with Crippen molar-refractivity contribution in [2.45, 2.75) is 66.6 Å². The molecule has 0 rings (SSSR count). The summed E-state index contributed by atoms with van der Waals surface area (Å²) < 4.78 is 0. The molecule has 0 spiro atoms. The first-order chi connectivity index (χ1) is 10.9. The Morgan fingerprint density at radius 3 is 0.760 bits per heavy atom. The van der Waals surface area contributed by atoms with Crippen LogP contribution in [0.4, 0.5) is 0 Å². The summed E-state index contributed by atoms with van der Waals surface area (Å²) in [5.74, 6) is -2.01. The van der Waals surface area contributed by atoms with Gasteiger partial charge in [-0.3, -0.25) is 19.2 Å². The van der Waals surface area contributed by atoms with Crippen molar-refractivity contribution in [2.24, 2.45) is 0 Å². The molecule has 0 heterocycles. The number of ketones is 4. The van der Waals surface area contributed by atoms with Gasteiger partial charge in [0.05, 0.1) is 0 Å². The predicted octanol–water partition coefficient (Wildman–Crippen LogP) is -0.175. The van der Waals surface area contributed by atoms with Gasteiger partial charge in [-0.05, 0) is 40.5 Å². The van der Waals surface area contributed by atoms with E-state index in [2.05, 4.69) is 0 Å². The quantitative estimate of drug-likeness (QED) is 0.355. The summed E-state index contributed by atoms with van der Waals surface area (Å²) in [6.45, 7) is 9.19. The minimum atomic E-state index is -1.41. The van der Waals surface area contributed by atoms with Gasteiger partial charge in [-0.1, -0.05) is 13.8 Å². The Morgan fingerprint density at radius 1 is 0.640 bits per heavy atom. The topological polar surface area (TPSA) is 149 Å². The van der Waals surface area contributed by atoms with E-state index in [9.17, 15) is 19.2 Å². The second-order valence-corrected chi connectivity index (χ2v) is 4.69. The Labute approximate surface area is 164 Å². The molecule has 0 aliphatic heterocycles. The molecule has 0 aliphatic rings. The van der Waals surface area contributed by atoms with Gasteiger partial charge >= 0.3 is 0 Å². The Hall–Kier alpha value is -0.766. The SMILES string of the molecule is CC(=O)C(O)C(C)=O.CC(=O)C(O)C(C)=O.CCCO.CCCO.[Ti]. The second kappa shape index (κ2) is 25.5. The third-order valence-electron chi connectivity index (χ3n) is 1.99. The molecule has 8 nitrogen and oxygen atoms in total. The van der Waals surface area contributed by atoms with Crippen molar-refractivity contribution in [3.05, 3.63) is 0 Å². The molecule has 0 radical (unpaired) electrons. The summed E-state index contributed by atoms with van der Waals surface area (Å²) in [5, 5.41) is 32.8. The molecule has 0 saturated heterocycles. The van der Waals surface area contributed by atoms with Crippen molar-refractivity contribution in [1.29, 1.82) is 0 Å². The van der Waals surface area contributed by atoms with Crippen molar-refractivity contribution >= 4 is 23.1 Å². The maximum absolute atomic E-state index is 10.1. The Balaban J connectivity index is -0.0000000739. The zero-order valence-corrected chi connectivity index (χ0v) is 17.5. The summed E-state index contributed by atoms with van der Waals surface area (Å²) >= 11 is 0. The third kappa shape index (κ3) is 35.3. The van der Waals surface area contributed by atoms with Crippen LogP contribution in [-0.2, 0) is 40.9 Å². The van der Waals surface area contributed by atoms with Crippen molar-refractivity contribution in [1.82, 2.24) is 0 Å². The first-order valence-corrected chi connectivity index (χ1v) is 7.53. The van der Waals surface area contributed by atoms with E-state index in [0.29, 0.717) is 13.2 Å². The average Bonchev–Trinajstić information content (AvgIpc) is 2.53. The molecule has 0 unspecified atom stereocenters. The number of hydrogen-bond acceptors (Lipinski definition) is 8. The Morgan fingerprint density at radius 2 is 0.760 bits per heavy atom. The van der Waals surface area contributed by atoms with Gasteiger partial charge in [-0.2, -0.15) is 0 Å². The molecule has 0 saturated carbocycles. The molecule has 0 bridgehead atoms. The number of carbonyl (C=O) groups is 4. The van der Waals surface area contributed by atoms with E-state index >= 15 is 0 Å². The first kappa shape index (κ1) is 35.4. The molecule has 0 amide bonds. The normalized spacial score (nSPS) is 8.48. The average molecular weight is 400 g/mol. The Kier molecular flexibility index (Phi) is 36.0. The fourth-order valence-electron chi connectivity index (χ4n) is 0.572. The molecule has 0 fully saturated rings. The summed E-state index contributed by atoms with van der Waals surface area (Å²) in [4.78, 5) is 40.5. The van der Waals surface area contributed by atoms with Gasteiger partial charge in [0.1, 0.15) is 0 Å².